The van der Waals surface area contributed by atoms with Crippen LogP contribution in [0.1, 0.15) is 26.3 Å². The van der Waals surface area contributed by atoms with Crippen molar-refractivity contribution in [2.24, 2.45) is 0 Å². The molecule has 1 heterocycles. The molecule has 1 N–H and O–H groups in total. The molecule has 2 aromatic carbocycles. The summed E-state index contributed by atoms with van der Waals surface area (Å²) in [5.41, 5.74) is 3.06. The van der Waals surface area contributed by atoms with Crippen molar-refractivity contribution in [3.05, 3.63) is 64.5 Å². The normalized spacial score (nSPS) is 11.7. The molecule has 4 nitrogen and oxygen atoms in total. The van der Waals surface area contributed by atoms with Crippen LogP contribution < -0.4 is 10.2 Å². The van der Waals surface area contributed by atoms with Gasteiger partial charge in [-0.3, -0.25) is 4.79 Å². The molecule has 1 aromatic heterocycles. The van der Waals surface area contributed by atoms with Crippen LogP contribution in [0, 0.1) is 0 Å². The average molecular weight is 338 g/mol. The summed E-state index contributed by atoms with van der Waals surface area (Å²) < 4.78 is 11.0. The second-order valence-corrected chi connectivity index (χ2v) is 7.04. The van der Waals surface area contributed by atoms with Gasteiger partial charge in [0.25, 0.3) is 0 Å². The van der Waals surface area contributed by atoms with Crippen LogP contribution in [-0.2, 0) is 5.41 Å². The molecule has 3 aromatic rings. The first-order valence-corrected chi connectivity index (χ1v) is 8.30. The summed E-state index contributed by atoms with van der Waals surface area (Å²) in [5.74, 6) is 0.562. The number of fused-ring (bicyclic) bond motifs is 1. The van der Waals surface area contributed by atoms with Crippen molar-refractivity contribution >= 4 is 11.0 Å². The second kappa shape index (κ2) is 6.73. The molecule has 0 spiro atoms. The van der Waals surface area contributed by atoms with E-state index in [4.69, 9.17) is 14.3 Å². The van der Waals surface area contributed by atoms with Crippen molar-refractivity contribution < 1.29 is 14.3 Å². The van der Waals surface area contributed by atoms with E-state index in [1.165, 1.54) is 11.8 Å². The number of benzene rings is 2. The van der Waals surface area contributed by atoms with E-state index in [1.54, 1.807) is 18.2 Å². The van der Waals surface area contributed by atoms with Crippen molar-refractivity contribution in [1.82, 2.24) is 0 Å². The summed E-state index contributed by atoms with van der Waals surface area (Å²) in [5, 5.41) is 9.33. The number of ether oxygens (including phenoxy) is 1. The molecule has 25 heavy (non-hydrogen) atoms. The molecule has 0 saturated heterocycles. The number of hydrogen-bond donors (Lipinski definition) is 1. The lowest BCUT2D eigenvalue weighted by Gasteiger charge is -2.19. The Labute approximate surface area is 146 Å². The Morgan fingerprint density at radius 2 is 1.80 bits per heavy atom. The van der Waals surface area contributed by atoms with Gasteiger partial charge in [0.15, 0.2) is 5.43 Å². The van der Waals surface area contributed by atoms with Crippen molar-refractivity contribution in [3.63, 3.8) is 0 Å². The van der Waals surface area contributed by atoms with Gasteiger partial charge in [0.2, 0.25) is 0 Å². The molecule has 0 radical (unpaired) electrons. The highest BCUT2D eigenvalue weighted by Crippen LogP contribution is 2.26. The van der Waals surface area contributed by atoms with E-state index >= 15 is 0 Å². The zero-order valence-corrected chi connectivity index (χ0v) is 14.7. The monoisotopic (exact) mass is 338 g/mol. The molecule has 0 atom stereocenters. The molecular formula is C21H22O4. The Hall–Kier alpha value is -2.59. The van der Waals surface area contributed by atoms with Crippen molar-refractivity contribution in [2.75, 3.05) is 13.2 Å². The lowest BCUT2D eigenvalue weighted by Crippen LogP contribution is -2.11. The maximum Gasteiger partial charge on any atom is 0.200 e. The standard InChI is InChI=1S/C21H22O4/c1-21(2,3)15-6-4-14(5-7-15)18-13-25-19-12-16(24-11-10-22)8-9-17(19)20(18)23/h4-9,12-13,22H,10-11H2,1-3H3. The van der Waals surface area contributed by atoms with Crippen molar-refractivity contribution in [3.8, 4) is 16.9 Å². The van der Waals surface area contributed by atoms with Gasteiger partial charge in [0.05, 0.1) is 17.6 Å². The van der Waals surface area contributed by atoms with Gasteiger partial charge in [-0.05, 0) is 28.7 Å². The van der Waals surface area contributed by atoms with Gasteiger partial charge in [-0.1, -0.05) is 45.0 Å². The van der Waals surface area contributed by atoms with Crippen LogP contribution in [0.5, 0.6) is 5.75 Å². The Bertz CT molecular complexity index is 931. The van der Waals surface area contributed by atoms with Crippen LogP contribution in [0.2, 0.25) is 0 Å². The van der Waals surface area contributed by atoms with Gasteiger partial charge in [0.1, 0.15) is 24.2 Å². The summed E-state index contributed by atoms with van der Waals surface area (Å²) in [6.45, 7) is 6.61. The fourth-order valence-corrected chi connectivity index (χ4v) is 2.71. The molecule has 0 aliphatic heterocycles. The molecule has 0 amide bonds. The van der Waals surface area contributed by atoms with Gasteiger partial charge < -0.3 is 14.3 Å². The highest BCUT2D eigenvalue weighted by atomic mass is 16.5. The SMILES string of the molecule is CC(C)(C)c1ccc(-c2coc3cc(OCCO)ccc3c2=O)cc1. The second-order valence-electron chi connectivity index (χ2n) is 7.04. The maximum atomic E-state index is 12.8. The third kappa shape index (κ3) is 3.59. The third-order valence-corrected chi connectivity index (χ3v) is 4.17. The zero-order valence-electron chi connectivity index (χ0n) is 14.7. The molecular weight excluding hydrogens is 316 g/mol. The highest BCUT2D eigenvalue weighted by molar-refractivity contribution is 5.82. The van der Waals surface area contributed by atoms with E-state index < -0.39 is 0 Å². The Morgan fingerprint density at radius 1 is 1.08 bits per heavy atom. The summed E-state index contributed by atoms with van der Waals surface area (Å²) in [6, 6.07) is 13.1. The number of hydrogen-bond acceptors (Lipinski definition) is 4. The first-order valence-electron chi connectivity index (χ1n) is 8.30. The van der Waals surface area contributed by atoms with Gasteiger partial charge in [-0.2, -0.15) is 0 Å². The molecule has 0 bridgehead atoms. The first-order chi connectivity index (χ1) is 11.9. The predicted molar refractivity (Wildman–Crippen MR) is 99.2 cm³/mol. The lowest BCUT2D eigenvalue weighted by atomic mass is 9.86. The van der Waals surface area contributed by atoms with Crippen LogP contribution >= 0.6 is 0 Å². The van der Waals surface area contributed by atoms with E-state index in [2.05, 4.69) is 20.8 Å². The van der Waals surface area contributed by atoms with E-state index in [-0.39, 0.29) is 24.1 Å². The van der Waals surface area contributed by atoms with Crippen LogP contribution in [0.3, 0.4) is 0 Å². The fourth-order valence-electron chi connectivity index (χ4n) is 2.71. The summed E-state index contributed by atoms with van der Waals surface area (Å²) in [7, 11) is 0. The molecule has 4 heteroatoms. The number of aliphatic hydroxyl groups is 1. The molecule has 0 aliphatic carbocycles. The Kier molecular flexibility index (Phi) is 4.64. The van der Waals surface area contributed by atoms with E-state index in [1.807, 2.05) is 24.3 Å². The molecule has 130 valence electrons. The maximum absolute atomic E-state index is 12.8. The minimum absolute atomic E-state index is 0.0640. The smallest absolute Gasteiger partial charge is 0.200 e. The molecule has 0 unspecified atom stereocenters. The molecule has 0 aliphatic rings. The van der Waals surface area contributed by atoms with Gasteiger partial charge in [-0.15, -0.1) is 0 Å². The summed E-state index contributed by atoms with van der Waals surface area (Å²) in [6.07, 6.45) is 1.49. The van der Waals surface area contributed by atoms with E-state index in [0.29, 0.717) is 22.3 Å². The quantitative estimate of drug-likeness (QED) is 0.777. The van der Waals surface area contributed by atoms with Crippen LogP contribution in [0.15, 0.2) is 57.9 Å². The van der Waals surface area contributed by atoms with Gasteiger partial charge in [-0.25, -0.2) is 0 Å². The largest absolute Gasteiger partial charge is 0.491 e. The topological polar surface area (TPSA) is 59.7 Å². The molecule has 3 rings (SSSR count). The Balaban J connectivity index is 2.00. The molecule has 0 saturated carbocycles. The number of rotatable bonds is 4. The minimum atomic E-state index is -0.0709. The zero-order chi connectivity index (χ0) is 18.0. The van der Waals surface area contributed by atoms with Crippen LogP contribution in [0.25, 0.3) is 22.1 Å². The summed E-state index contributed by atoms with van der Waals surface area (Å²) >= 11 is 0. The minimum Gasteiger partial charge on any atom is -0.491 e. The van der Waals surface area contributed by atoms with Crippen molar-refractivity contribution in [2.45, 2.75) is 26.2 Å². The van der Waals surface area contributed by atoms with Crippen LogP contribution in [-0.4, -0.2) is 18.3 Å². The van der Waals surface area contributed by atoms with Gasteiger partial charge in [0, 0.05) is 6.07 Å². The van der Waals surface area contributed by atoms with Crippen molar-refractivity contribution in [1.29, 1.82) is 0 Å². The average Bonchev–Trinajstić information content (AvgIpc) is 2.59. The van der Waals surface area contributed by atoms with E-state index in [9.17, 15) is 4.79 Å². The third-order valence-electron chi connectivity index (χ3n) is 4.17. The predicted octanol–water partition coefficient (Wildman–Crippen LogP) is 4.13. The highest BCUT2D eigenvalue weighted by Gasteiger charge is 2.15. The Morgan fingerprint density at radius 3 is 2.44 bits per heavy atom. The number of aliphatic hydroxyl groups excluding tert-OH is 1. The first kappa shape index (κ1) is 17.2. The van der Waals surface area contributed by atoms with E-state index in [0.717, 1.165) is 5.56 Å². The van der Waals surface area contributed by atoms with Crippen LogP contribution in [0.4, 0.5) is 0 Å². The van der Waals surface area contributed by atoms with Gasteiger partial charge >= 0.3 is 0 Å². The molecule has 0 fully saturated rings. The summed E-state index contributed by atoms with van der Waals surface area (Å²) in [4.78, 5) is 12.8. The fraction of sp³-hybridized carbons (Fsp3) is 0.286. The lowest BCUT2D eigenvalue weighted by molar-refractivity contribution is 0.201.